The summed E-state index contributed by atoms with van der Waals surface area (Å²) in [6, 6.07) is 9.34. The maximum atomic E-state index is 12.4. The van der Waals surface area contributed by atoms with Gasteiger partial charge in [-0.3, -0.25) is 0 Å². The number of carbonyl (C=O) groups is 1. The minimum absolute atomic E-state index is 0.119. The topological polar surface area (TPSA) is 98.2 Å². The van der Waals surface area contributed by atoms with Crippen molar-refractivity contribution in [3.8, 4) is 0 Å². The zero-order chi connectivity index (χ0) is 15.9. The predicted molar refractivity (Wildman–Crippen MR) is 78.9 cm³/mol. The van der Waals surface area contributed by atoms with E-state index in [1.165, 1.54) is 17.9 Å². The van der Waals surface area contributed by atoms with Crippen molar-refractivity contribution >= 4 is 28.6 Å². The van der Waals surface area contributed by atoms with Crippen LogP contribution >= 0.6 is 0 Å². The normalized spacial score (nSPS) is 10.8. The quantitative estimate of drug-likeness (QED) is 0.574. The summed E-state index contributed by atoms with van der Waals surface area (Å²) in [5.74, 6) is -1.38. The van der Waals surface area contributed by atoms with Crippen LogP contribution in [0.25, 0.3) is 11.2 Å². The molecule has 0 unspecified atom stereocenters. The molecule has 8 heteroatoms. The summed E-state index contributed by atoms with van der Waals surface area (Å²) in [6.07, 6.45) is 1.31. The van der Waals surface area contributed by atoms with E-state index in [-0.39, 0.29) is 11.2 Å². The van der Waals surface area contributed by atoms with Gasteiger partial charge in [0, 0.05) is 12.7 Å². The number of aromatic nitrogens is 4. The highest BCUT2D eigenvalue weighted by molar-refractivity contribution is 5.89. The number of rotatable bonds is 3. The number of fused-ring (bicyclic) bond motifs is 1. The van der Waals surface area contributed by atoms with Crippen LogP contribution in [0.3, 0.4) is 0 Å². The Morgan fingerprint density at radius 2 is 2.00 bits per heavy atom. The van der Waals surface area contributed by atoms with E-state index in [2.05, 4.69) is 9.97 Å². The van der Waals surface area contributed by atoms with Gasteiger partial charge >= 0.3 is 11.8 Å². The zero-order valence-corrected chi connectivity index (χ0v) is 12.0. The molecule has 0 atom stereocenters. The maximum absolute atomic E-state index is 12.4. The number of para-hydroxylation sites is 1. The lowest BCUT2D eigenvalue weighted by atomic mass is 10.3. The monoisotopic (exact) mass is 299 g/mol. The van der Waals surface area contributed by atoms with Crippen molar-refractivity contribution in [2.24, 2.45) is 7.05 Å². The SMILES string of the molecule is CN(c1ccccc1)c1ncnc2c1[n+]([O-])c(C(=O)O)n2C. The Morgan fingerprint density at radius 1 is 1.32 bits per heavy atom. The highest BCUT2D eigenvalue weighted by Gasteiger charge is 2.29. The molecule has 0 saturated heterocycles. The van der Waals surface area contributed by atoms with E-state index >= 15 is 0 Å². The van der Waals surface area contributed by atoms with Gasteiger partial charge in [-0.25, -0.2) is 19.1 Å². The van der Waals surface area contributed by atoms with Gasteiger partial charge in [0.1, 0.15) is 6.33 Å². The van der Waals surface area contributed by atoms with Crippen LogP contribution in [-0.2, 0) is 7.05 Å². The van der Waals surface area contributed by atoms with Gasteiger partial charge in [-0.05, 0) is 12.1 Å². The molecule has 0 aliphatic rings. The van der Waals surface area contributed by atoms with Crippen molar-refractivity contribution in [2.45, 2.75) is 0 Å². The average Bonchev–Trinajstić information content (AvgIpc) is 2.79. The number of carboxylic acids is 1. The molecule has 3 rings (SSSR count). The molecule has 2 heterocycles. The molecule has 0 radical (unpaired) electrons. The highest BCUT2D eigenvalue weighted by Crippen LogP contribution is 2.26. The molecule has 0 aliphatic carbocycles. The van der Waals surface area contributed by atoms with E-state index < -0.39 is 11.8 Å². The molecule has 0 bridgehead atoms. The Kier molecular flexibility index (Phi) is 3.13. The van der Waals surface area contributed by atoms with Crippen molar-refractivity contribution in [2.75, 3.05) is 11.9 Å². The molecule has 1 aromatic carbocycles. The lowest BCUT2D eigenvalue weighted by Crippen LogP contribution is -2.35. The largest absolute Gasteiger partial charge is 0.710 e. The Morgan fingerprint density at radius 3 is 2.64 bits per heavy atom. The van der Waals surface area contributed by atoms with E-state index in [0.717, 1.165) is 5.69 Å². The molecule has 0 aliphatic heterocycles. The van der Waals surface area contributed by atoms with Crippen LogP contribution in [0.2, 0.25) is 0 Å². The second-order valence-corrected chi connectivity index (χ2v) is 4.75. The van der Waals surface area contributed by atoms with Crippen LogP contribution in [0.4, 0.5) is 11.5 Å². The fourth-order valence-electron chi connectivity index (χ4n) is 2.38. The zero-order valence-electron chi connectivity index (χ0n) is 12.0. The van der Waals surface area contributed by atoms with Crippen molar-refractivity contribution in [1.29, 1.82) is 0 Å². The molecular weight excluding hydrogens is 286 g/mol. The Bertz CT molecular complexity index is 860. The minimum Gasteiger partial charge on any atom is -0.710 e. The first kappa shape index (κ1) is 13.8. The number of aromatic carboxylic acids is 1. The van der Waals surface area contributed by atoms with Crippen molar-refractivity contribution in [3.63, 3.8) is 0 Å². The van der Waals surface area contributed by atoms with Crippen molar-refractivity contribution in [1.82, 2.24) is 14.5 Å². The van der Waals surface area contributed by atoms with E-state index in [1.54, 1.807) is 11.9 Å². The van der Waals surface area contributed by atoms with Crippen LogP contribution in [0.15, 0.2) is 36.7 Å². The molecule has 0 amide bonds. The van der Waals surface area contributed by atoms with Gasteiger partial charge in [-0.15, -0.1) is 0 Å². The van der Waals surface area contributed by atoms with Gasteiger partial charge < -0.3 is 15.2 Å². The summed E-state index contributed by atoms with van der Waals surface area (Å²) in [6.45, 7) is 0. The second kappa shape index (κ2) is 4.99. The molecule has 2 aromatic heterocycles. The van der Waals surface area contributed by atoms with Crippen LogP contribution in [0.5, 0.6) is 0 Å². The predicted octanol–water partition coefficient (Wildman–Crippen LogP) is 1.07. The van der Waals surface area contributed by atoms with Crippen LogP contribution in [0, 0.1) is 5.21 Å². The first-order valence-electron chi connectivity index (χ1n) is 6.47. The summed E-state index contributed by atoms with van der Waals surface area (Å²) >= 11 is 0. The van der Waals surface area contributed by atoms with Crippen molar-refractivity contribution < 1.29 is 14.6 Å². The standard InChI is InChI=1S/C14H13N5O3/c1-17(9-6-4-3-5-7-9)11-10-12(16-8-15-11)18(2)13(14(20)21)19(10)22/h3-8H,1-2H3,(H,20,21). The maximum Gasteiger partial charge on any atom is 0.420 e. The highest BCUT2D eigenvalue weighted by atomic mass is 16.5. The summed E-state index contributed by atoms with van der Waals surface area (Å²) in [5, 5.41) is 21.5. The fourth-order valence-corrected chi connectivity index (χ4v) is 2.38. The number of imidazole rings is 1. The Balaban J connectivity index is 2.28. The fraction of sp³-hybridized carbons (Fsp3) is 0.143. The lowest BCUT2D eigenvalue weighted by Gasteiger charge is -2.18. The third kappa shape index (κ3) is 1.93. The number of carboxylic acid groups (broad SMARTS) is 1. The van der Waals surface area contributed by atoms with Gasteiger partial charge in [-0.1, -0.05) is 18.2 Å². The van der Waals surface area contributed by atoms with Gasteiger partial charge in [0.05, 0.1) is 7.05 Å². The summed E-state index contributed by atoms with van der Waals surface area (Å²) in [4.78, 5) is 21.1. The van der Waals surface area contributed by atoms with E-state index in [1.807, 2.05) is 30.3 Å². The number of anilines is 2. The van der Waals surface area contributed by atoms with Crippen LogP contribution in [0.1, 0.15) is 10.6 Å². The summed E-state index contributed by atoms with van der Waals surface area (Å²) < 4.78 is 1.60. The summed E-state index contributed by atoms with van der Waals surface area (Å²) in [5.41, 5.74) is 1.21. The molecule has 0 spiro atoms. The van der Waals surface area contributed by atoms with Crippen molar-refractivity contribution in [3.05, 3.63) is 47.7 Å². The third-order valence-corrected chi connectivity index (χ3v) is 3.47. The molecule has 22 heavy (non-hydrogen) atoms. The van der Waals surface area contributed by atoms with Gasteiger partial charge in [0.15, 0.2) is 5.82 Å². The molecule has 8 nitrogen and oxygen atoms in total. The van der Waals surface area contributed by atoms with E-state index in [0.29, 0.717) is 10.5 Å². The second-order valence-electron chi connectivity index (χ2n) is 4.75. The number of benzene rings is 1. The van der Waals surface area contributed by atoms with Gasteiger partial charge in [0.2, 0.25) is 5.52 Å². The minimum atomic E-state index is -1.32. The molecular formula is C14H13N5O3. The van der Waals surface area contributed by atoms with Gasteiger partial charge in [0.25, 0.3) is 5.65 Å². The Hall–Kier alpha value is -3.16. The number of hydrogen-bond acceptors (Lipinski definition) is 5. The molecule has 0 saturated carbocycles. The molecule has 1 N–H and O–H groups in total. The van der Waals surface area contributed by atoms with Gasteiger partial charge in [-0.2, -0.15) is 4.98 Å². The number of hydrogen-bond donors (Lipinski definition) is 1. The Labute approximate surface area is 125 Å². The first-order chi connectivity index (χ1) is 10.5. The smallest absolute Gasteiger partial charge is 0.420 e. The van der Waals surface area contributed by atoms with E-state index in [9.17, 15) is 15.1 Å². The number of nitrogens with zero attached hydrogens (tertiary/aromatic N) is 5. The molecule has 3 aromatic rings. The molecule has 0 fully saturated rings. The van der Waals surface area contributed by atoms with Crippen LogP contribution < -0.4 is 9.63 Å². The van der Waals surface area contributed by atoms with E-state index in [4.69, 9.17) is 0 Å². The average molecular weight is 299 g/mol. The summed E-state index contributed by atoms with van der Waals surface area (Å²) in [7, 11) is 3.24. The third-order valence-electron chi connectivity index (χ3n) is 3.47. The molecule has 112 valence electrons. The van der Waals surface area contributed by atoms with Crippen LogP contribution in [-0.4, -0.2) is 32.7 Å². The number of aryl methyl sites for hydroxylation is 1. The first-order valence-corrected chi connectivity index (χ1v) is 6.47. The lowest BCUT2D eigenvalue weighted by molar-refractivity contribution is -0.581.